The minimum absolute atomic E-state index is 0.0919. The summed E-state index contributed by atoms with van der Waals surface area (Å²) in [6.07, 6.45) is 2.84. The number of carbonyl (C=O) groups excluding carboxylic acids is 1. The Balaban J connectivity index is 2.48. The molecule has 0 radical (unpaired) electrons. The molecule has 0 unspecified atom stereocenters. The summed E-state index contributed by atoms with van der Waals surface area (Å²) in [5.41, 5.74) is 1.22. The first-order valence-corrected chi connectivity index (χ1v) is 6.02. The molecule has 0 aliphatic rings. The summed E-state index contributed by atoms with van der Waals surface area (Å²) in [5.74, 6) is 0.00851. The summed E-state index contributed by atoms with van der Waals surface area (Å²) in [6, 6.07) is 4.67. The second kappa shape index (κ2) is 6.01. The predicted molar refractivity (Wildman–Crippen MR) is 71.6 cm³/mol. The minimum atomic E-state index is -0.559. The Bertz CT molecular complexity index is 628. The zero-order chi connectivity index (χ0) is 14.5. The number of phenols is 1. The third-order valence-corrected chi connectivity index (χ3v) is 2.57. The molecule has 0 atom stereocenters. The van der Waals surface area contributed by atoms with Gasteiger partial charge in [-0.15, -0.1) is 0 Å². The van der Waals surface area contributed by atoms with Gasteiger partial charge in [0.15, 0.2) is 5.69 Å². The SMILES string of the molecule is CCOc1cc(O)ccc1-c1cncc(C(=O)OC)n1. The predicted octanol–water partition coefficient (Wildman–Crippen LogP) is 2.03. The van der Waals surface area contributed by atoms with E-state index >= 15 is 0 Å². The molecule has 1 aromatic carbocycles. The Kier molecular flexibility index (Phi) is 4.14. The van der Waals surface area contributed by atoms with Crippen molar-refractivity contribution in [2.75, 3.05) is 13.7 Å². The Morgan fingerprint density at radius 2 is 2.15 bits per heavy atom. The van der Waals surface area contributed by atoms with Gasteiger partial charge in [0.2, 0.25) is 0 Å². The van der Waals surface area contributed by atoms with Crippen molar-refractivity contribution in [2.24, 2.45) is 0 Å². The maximum atomic E-state index is 11.5. The van der Waals surface area contributed by atoms with E-state index in [0.29, 0.717) is 23.6 Å². The summed E-state index contributed by atoms with van der Waals surface area (Å²) in [7, 11) is 1.28. The molecule has 2 rings (SSSR count). The number of carbonyl (C=O) groups is 1. The second-order valence-corrected chi connectivity index (χ2v) is 3.89. The van der Waals surface area contributed by atoms with E-state index in [1.807, 2.05) is 6.92 Å². The number of ether oxygens (including phenoxy) is 2. The maximum Gasteiger partial charge on any atom is 0.358 e. The van der Waals surface area contributed by atoms with E-state index < -0.39 is 5.97 Å². The van der Waals surface area contributed by atoms with Crippen LogP contribution in [0.5, 0.6) is 11.5 Å². The number of methoxy groups -OCH3 is 1. The molecule has 0 saturated carbocycles. The molecule has 6 nitrogen and oxygen atoms in total. The highest BCUT2D eigenvalue weighted by molar-refractivity contribution is 5.87. The van der Waals surface area contributed by atoms with Crippen LogP contribution in [0.2, 0.25) is 0 Å². The van der Waals surface area contributed by atoms with Crippen molar-refractivity contribution in [3.8, 4) is 22.8 Å². The Hall–Kier alpha value is -2.63. The van der Waals surface area contributed by atoms with E-state index in [4.69, 9.17) is 4.74 Å². The molecule has 0 spiro atoms. The number of hydrogen-bond acceptors (Lipinski definition) is 6. The van der Waals surface area contributed by atoms with Crippen molar-refractivity contribution in [3.63, 3.8) is 0 Å². The summed E-state index contributed by atoms with van der Waals surface area (Å²) >= 11 is 0. The van der Waals surface area contributed by atoms with Crippen LogP contribution in [0.4, 0.5) is 0 Å². The van der Waals surface area contributed by atoms with E-state index in [1.165, 1.54) is 31.6 Å². The first-order valence-electron chi connectivity index (χ1n) is 6.02. The van der Waals surface area contributed by atoms with E-state index in [0.717, 1.165) is 0 Å². The van der Waals surface area contributed by atoms with Crippen LogP contribution in [0.1, 0.15) is 17.4 Å². The molecule has 0 bridgehead atoms. The van der Waals surface area contributed by atoms with Gasteiger partial charge in [-0.3, -0.25) is 4.98 Å². The van der Waals surface area contributed by atoms with E-state index in [1.54, 1.807) is 6.07 Å². The Labute approximate surface area is 116 Å². The first kappa shape index (κ1) is 13.8. The molecular weight excluding hydrogens is 260 g/mol. The van der Waals surface area contributed by atoms with Gasteiger partial charge in [-0.25, -0.2) is 9.78 Å². The van der Waals surface area contributed by atoms with Crippen LogP contribution in [-0.2, 0) is 4.74 Å². The van der Waals surface area contributed by atoms with Crippen LogP contribution in [-0.4, -0.2) is 34.8 Å². The molecular formula is C14H14N2O4. The van der Waals surface area contributed by atoms with Crippen molar-refractivity contribution >= 4 is 5.97 Å². The highest BCUT2D eigenvalue weighted by Gasteiger charge is 2.13. The van der Waals surface area contributed by atoms with Crippen LogP contribution in [0.25, 0.3) is 11.3 Å². The highest BCUT2D eigenvalue weighted by Crippen LogP contribution is 2.31. The third kappa shape index (κ3) is 2.85. The van der Waals surface area contributed by atoms with Gasteiger partial charge in [-0.05, 0) is 19.1 Å². The Morgan fingerprint density at radius 3 is 2.85 bits per heavy atom. The summed E-state index contributed by atoms with van der Waals surface area (Å²) < 4.78 is 10.1. The molecule has 0 aliphatic carbocycles. The summed E-state index contributed by atoms with van der Waals surface area (Å²) in [5, 5.41) is 9.50. The average molecular weight is 274 g/mol. The van der Waals surface area contributed by atoms with Gasteiger partial charge in [0.25, 0.3) is 0 Å². The lowest BCUT2D eigenvalue weighted by atomic mass is 10.1. The minimum Gasteiger partial charge on any atom is -0.508 e. The quantitative estimate of drug-likeness (QED) is 0.859. The van der Waals surface area contributed by atoms with E-state index in [-0.39, 0.29) is 11.4 Å². The van der Waals surface area contributed by atoms with Crippen LogP contribution < -0.4 is 4.74 Å². The van der Waals surface area contributed by atoms with Crippen molar-refractivity contribution in [2.45, 2.75) is 6.92 Å². The number of benzene rings is 1. The van der Waals surface area contributed by atoms with Crippen molar-refractivity contribution < 1.29 is 19.4 Å². The lowest BCUT2D eigenvalue weighted by Gasteiger charge is -2.10. The zero-order valence-electron chi connectivity index (χ0n) is 11.2. The fraction of sp³-hybridized carbons (Fsp3) is 0.214. The van der Waals surface area contributed by atoms with Crippen molar-refractivity contribution in [1.82, 2.24) is 9.97 Å². The molecule has 0 amide bonds. The van der Waals surface area contributed by atoms with Gasteiger partial charge >= 0.3 is 5.97 Å². The highest BCUT2D eigenvalue weighted by atomic mass is 16.5. The summed E-state index contributed by atoms with van der Waals surface area (Å²) in [6.45, 7) is 2.28. The molecule has 6 heteroatoms. The number of rotatable bonds is 4. The third-order valence-electron chi connectivity index (χ3n) is 2.57. The lowest BCUT2D eigenvalue weighted by molar-refractivity contribution is 0.0593. The van der Waals surface area contributed by atoms with Gasteiger partial charge in [0.05, 0.1) is 31.8 Å². The monoisotopic (exact) mass is 274 g/mol. The topological polar surface area (TPSA) is 81.5 Å². The normalized spacial score (nSPS) is 10.1. The zero-order valence-corrected chi connectivity index (χ0v) is 11.2. The van der Waals surface area contributed by atoms with Gasteiger partial charge < -0.3 is 14.6 Å². The smallest absolute Gasteiger partial charge is 0.358 e. The van der Waals surface area contributed by atoms with Gasteiger partial charge in [-0.1, -0.05) is 0 Å². The van der Waals surface area contributed by atoms with E-state index in [2.05, 4.69) is 14.7 Å². The van der Waals surface area contributed by atoms with Gasteiger partial charge in [0, 0.05) is 11.6 Å². The number of esters is 1. The second-order valence-electron chi connectivity index (χ2n) is 3.89. The first-order chi connectivity index (χ1) is 9.65. The standard InChI is InChI=1S/C14H14N2O4/c1-3-20-13-6-9(17)4-5-10(13)11-7-15-8-12(16-11)14(18)19-2/h4-8,17H,3H2,1-2H3. The molecule has 104 valence electrons. The number of aromatic nitrogens is 2. The largest absolute Gasteiger partial charge is 0.508 e. The van der Waals surface area contributed by atoms with Crippen molar-refractivity contribution in [1.29, 1.82) is 0 Å². The molecule has 0 saturated heterocycles. The van der Waals surface area contributed by atoms with Crippen LogP contribution >= 0.6 is 0 Å². The number of nitrogens with zero attached hydrogens (tertiary/aromatic N) is 2. The fourth-order valence-electron chi connectivity index (χ4n) is 1.70. The number of hydrogen-bond donors (Lipinski definition) is 1. The van der Waals surface area contributed by atoms with Crippen LogP contribution in [0, 0.1) is 0 Å². The maximum absolute atomic E-state index is 11.5. The molecule has 1 heterocycles. The van der Waals surface area contributed by atoms with Crippen molar-refractivity contribution in [3.05, 3.63) is 36.3 Å². The molecule has 0 fully saturated rings. The Morgan fingerprint density at radius 1 is 1.35 bits per heavy atom. The lowest BCUT2D eigenvalue weighted by Crippen LogP contribution is -2.06. The van der Waals surface area contributed by atoms with Gasteiger partial charge in [0.1, 0.15) is 11.5 Å². The van der Waals surface area contributed by atoms with Crippen LogP contribution in [0.15, 0.2) is 30.6 Å². The molecule has 1 N–H and O–H groups in total. The molecule has 0 aliphatic heterocycles. The number of phenolic OH excluding ortho intramolecular Hbond substituents is 1. The average Bonchev–Trinajstić information content (AvgIpc) is 2.47. The number of aromatic hydroxyl groups is 1. The fourth-order valence-corrected chi connectivity index (χ4v) is 1.70. The van der Waals surface area contributed by atoms with E-state index in [9.17, 15) is 9.90 Å². The molecule has 1 aromatic heterocycles. The summed E-state index contributed by atoms with van der Waals surface area (Å²) in [4.78, 5) is 19.6. The van der Waals surface area contributed by atoms with Gasteiger partial charge in [-0.2, -0.15) is 0 Å². The molecule has 2 aromatic rings. The molecule has 20 heavy (non-hydrogen) atoms. The van der Waals surface area contributed by atoms with Crippen LogP contribution in [0.3, 0.4) is 0 Å².